The summed E-state index contributed by atoms with van der Waals surface area (Å²) in [7, 11) is 0. The van der Waals surface area contributed by atoms with Crippen LogP contribution in [0.25, 0.3) is 0 Å². The second-order valence-corrected chi connectivity index (χ2v) is 4.35. The van der Waals surface area contributed by atoms with E-state index in [-0.39, 0.29) is 11.9 Å². The van der Waals surface area contributed by atoms with Crippen molar-refractivity contribution < 1.29 is 4.79 Å². The van der Waals surface area contributed by atoms with Crippen LogP contribution >= 0.6 is 0 Å². The lowest BCUT2D eigenvalue weighted by molar-refractivity contribution is -0.132. The van der Waals surface area contributed by atoms with Crippen LogP contribution in [0.15, 0.2) is 30.3 Å². The van der Waals surface area contributed by atoms with Gasteiger partial charge in [-0.2, -0.15) is 0 Å². The normalized spacial score (nSPS) is 21.9. The summed E-state index contributed by atoms with van der Waals surface area (Å²) < 4.78 is 0. The highest BCUT2D eigenvalue weighted by atomic mass is 16.2. The van der Waals surface area contributed by atoms with E-state index in [1.165, 1.54) is 5.56 Å². The second kappa shape index (κ2) is 5.12. The van der Waals surface area contributed by atoms with Gasteiger partial charge in [-0.3, -0.25) is 4.79 Å². The van der Waals surface area contributed by atoms with Crippen LogP contribution in [0.5, 0.6) is 0 Å². The summed E-state index contributed by atoms with van der Waals surface area (Å²) in [6, 6.07) is 9.77. The van der Waals surface area contributed by atoms with E-state index >= 15 is 0 Å². The standard InChI is InChI=1S/C13H18N2O/c14-12-8-4-5-9-15(13(12)16)10-11-6-2-1-3-7-11/h1-3,6-7,12H,4-5,8-10,14H2/t12-/m0/s1. The molecule has 0 radical (unpaired) electrons. The Morgan fingerprint density at radius 2 is 2.00 bits per heavy atom. The number of carbonyl (C=O) groups excluding carboxylic acids is 1. The van der Waals surface area contributed by atoms with Crippen LogP contribution in [-0.4, -0.2) is 23.4 Å². The van der Waals surface area contributed by atoms with Gasteiger partial charge in [0.2, 0.25) is 5.91 Å². The number of nitrogens with two attached hydrogens (primary N) is 1. The van der Waals surface area contributed by atoms with Crippen LogP contribution in [0.2, 0.25) is 0 Å². The second-order valence-electron chi connectivity index (χ2n) is 4.35. The van der Waals surface area contributed by atoms with Gasteiger partial charge in [-0.15, -0.1) is 0 Å². The van der Waals surface area contributed by atoms with Crippen molar-refractivity contribution in [2.75, 3.05) is 6.54 Å². The first kappa shape index (κ1) is 11.1. The fourth-order valence-electron chi connectivity index (χ4n) is 2.10. The zero-order valence-electron chi connectivity index (χ0n) is 9.43. The van der Waals surface area contributed by atoms with E-state index in [1.807, 2.05) is 35.2 Å². The number of amides is 1. The van der Waals surface area contributed by atoms with Gasteiger partial charge in [0.05, 0.1) is 6.04 Å². The molecule has 1 amide bonds. The van der Waals surface area contributed by atoms with Crippen molar-refractivity contribution in [2.24, 2.45) is 5.73 Å². The van der Waals surface area contributed by atoms with E-state index in [2.05, 4.69) is 0 Å². The Bertz CT molecular complexity index is 350. The summed E-state index contributed by atoms with van der Waals surface area (Å²) in [4.78, 5) is 13.8. The van der Waals surface area contributed by atoms with Crippen LogP contribution in [0.1, 0.15) is 24.8 Å². The molecule has 0 saturated carbocycles. The van der Waals surface area contributed by atoms with Gasteiger partial charge >= 0.3 is 0 Å². The Morgan fingerprint density at radius 3 is 2.75 bits per heavy atom. The molecule has 0 bridgehead atoms. The summed E-state index contributed by atoms with van der Waals surface area (Å²) in [6.45, 7) is 1.52. The topological polar surface area (TPSA) is 46.3 Å². The van der Waals surface area contributed by atoms with Crippen LogP contribution in [0.4, 0.5) is 0 Å². The molecule has 1 heterocycles. The molecule has 3 nitrogen and oxygen atoms in total. The summed E-state index contributed by atoms with van der Waals surface area (Å²) in [5.74, 6) is 0.0985. The van der Waals surface area contributed by atoms with Crippen LogP contribution in [-0.2, 0) is 11.3 Å². The monoisotopic (exact) mass is 218 g/mol. The van der Waals surface area contributed by atoms with Gasteiger partial charge < -0.3 is 10.6 Å². The lowest BCUT2D eigenvalue weighted by atomic mass is 10.1. The van der Waals surface area contributed by atoms with Gasteiger partial charge in [-0.25, -0.2) is 0 Å². The van der Waals surface area contributed by atoms with Crippen LogP contribution in [0, 0.1) is 0 Å². The average molecular weight is 218 g/mol. The molecule has 86 valence electrons. The van der Waals surface area contributed by atoms with E-state index in [0.717, 1.165) is 25.8 Å². The summed E-state index contributed by atoms with van der Waals surface area (Å²) in [5.41, 5.74) is 7.00. The Hall–Kier alpha value is -1.35. The van der Waals surface area contributed by atoms with Gasteiger partial charge in [0.15, 0.2) is 0 Å². The molecule has 16 heavy (non-hydrogen) atoms. The molecule has 0 aliphatic carbocycles. The molecule has 3 heteroatoms. The van der Waals surface area contributed by atoms with Gasteiger partial charge in [0.25, 0.3) is 0 Å². The van der Waals surface area contributed by atoms with Gasteiger partial charge in [-0.05, 0) is 24.8 Å². The number of benzene rings is 1. The molecule has 1 atom stereocenters. The maximum Gasteiger partial charge on any atom is 0.239 e. The Kier molecular flexibility index (Phi) is 3.57. The van der Waals surface area contributed by atoms with E-state index in [1.54, 1.807) is 0 Å². The van der Waals surface area contributed by atoms with Crippen LogP contribution < -0.4 is 5.73 Å². The highest BCUT2D eigenvalue weighted by Crippen LogP contribution is 2.13. The SMILES string of the molecule is N[C@H]1CCCCN(Cc2ccccc2)C1=O. The number of hydrogen-bond donors (Lipinski definition) is 1. The smallest absolute Gasteiger partial charge is 0.239 e. The molecule has 1 aromatic carbocycles. The zero-order chi connectivity index (χ0) is 11.4. The highest BCUT2D eigenvalue weighted by Gasteiger charge is 2.23. The number of carbonyl (C=O) groups is 1. The highest BCUT2D eigenvalue weighted by molar-refractivity contribution is 5.81. The summed E-state index contributed by atoms with van der Waals surface area (Å²) >= 11 is 0. The first-order valence-corrected chi connectivity index (χ1v) is 5.85. The van der Waals surface area contributed by atoms with Gasteiger partial charge in [0.1, 0.15) is 0 Å². The first-order chi connectivity index (χ1) is 7.77. The van der Waals surface area contributed by atoms with E-state index in [9.17, 15) is 4.79 Å². The molecule has 1 aliphatic rings. The Morgan fingerprint density at radius 1 is 1.25 bits per heavy atom. The maximum atomic E-state index is 12.0. The summed E-state index contributed by atoms with van der Waals surface area (Å²) in [6.07, 6.45) is 2.94. The van der Waals surface area contributed by atoms with Crippen molar-refractivity contribution in [1.29, 1.82) is 0 Å². The molecule has 1 aromatic rings. The van der Waals surface area contributed by atoms with Crippen molar-refractivity contribution >= 4 is 5.91 Å². The molecule has 2 N–H and O–H groups in total. The van der Waals surface area contributed by atoms with E-state index in [4.69, 9.17) is 5.73 Å². The zero-order valence-corrected chi connectivity index (χ0v) is 9.43. The number of nitrogens with zero attached hydrogens (tertiary/aromatic N) is 1. The maximum absolute atomic E-state index is 12.0. The predicted octanol–water partition coefficient (Wildman–Crippen LogP) is 1.53. The summed E-state index contributed by atoms with van der Waals surface area (Å²) in [5, 5.41) is 0. The fraction of sp³-hybridized carbons (Fsp3) is 0.462. The molecular weight excluding hydrogens is 200 g/mol. The molecule has 1 aliphatic heterocycles. The molecule has 0 aromatic heterocycles. The Balaban J connectivity index is 2.05. The molecule has 1 fully saturated rings. The minimum atomic E-state index is -0.300. The molecular formula is C13H18N2O. The van der Waals surface area contributed by atoms with E-state index in [0.29, 0.717) is 6.54 Å². The lowest BCUT2D eigenvalue weighted by Gasteiger charge is -2.22. The third kappa shape index (κ3) is 2.61. The molecule has 0 unspecified atom stereocenters. The molecule has 0 spiro atoms. The third-order valence-corrected chi connectivity index (χ3v) is 3.04. The van der Waals surface area contributed by atoms with Crippen molar-refractivity contribution in [2.45, 2.75) is 31.8 Å². The number of hydrogen-bond acceptors (Lipinski definition) is 2. The molecule has 2 rings (SSSR count). The van der Waals surface area contributed by atoms with Gasteiger partial charge in [0, 0.05) is 13.1 Å². The Labute approximate surface area is 96.2 Å². The average Bonchev–Trinajstić information content (AvgIpc) is 2.46. The minimum Gasteiger partial charge on any atom is -0.337 e. The first-order valence-electron chi connectivity index (χ1n) is 5.85. The quantitative estimate of drug-likeness (QED) is 0.818. The van der Waals surface area contributed by atoms with Crippen LogP contribution in [0.3, 0.4) is 0 Å². The fourth-order valence-corrected chi connectivity index (χ4v) is 2.10. The van der Waals surface area contributed by atoms with Crippen molar-refractivity contribution in [3.63, 3.8) is 0 Å². The predicted molar refractivity (Wildman–Crippen MR) is 63.7 cm³/mol. The molecule has 1 saturated heterocycles. The van der Waals surface area contributed by atoms with E-state index < -0.39 is 0 Å². The number of rotatable bonds is 2. The van der Waals surface area contributed by atoms with Crippen molar-refractivity contribution in [1.82, 2.24) is 4.90 Å². The van der Waals surface area contributed by atoms with Gasteiger partial charge in [-0.1, -0.05) is 30.3 Å². The van der Waals surface area contributed by atoms with Crippen molar-refractivity contribution in [3.8, 4) is 0 Å². The lowest BCUT2D eigenvalue weighted by Crippen LogP contribution is -2.41. The minimum absolute atomic E-state index is 0.0985. The van der Waals surface area contributed by atoms with Crippen molar-refractivity contribution in [3.05, 3.63) is 35.9 Å². The number of likely N-dealkylation sites (tertiary alicyclic amines) is 1. The largest absolute Gasteiger partial charge is 0.337 e. The third-order valence-electron chi connectivity index (χ3n) is 3.04.